The summed E-state index contributed by atoms with van der Waals surface area (Å²) in [4.78, 5) is 22.0. The van der Waals surface area contributed by atoms with E-state index in [1.807, 2.05) is 18.2 Å². The molecule has 0 saturated carbocycles. The molecule has 0 bridgehead atoms. The third-order valence-electron chi connectivity index (χ3n) is 3.34. The number of anilines is 2. The van der Waals surface area contributed by atoms with E-state index in [1.165, 1.54) is 18.1 Å². The number of nitrogen functional groups attached to an aromatic ring is 1. The molecule has 2 rings (SSSR count). The van der Waals surface area contributed by atoms with Crippen molar-refractivity contribution < 1.29 is 4.79 Å². The zero-order chi connectivity index (χ0) is 15.8. The van der Waals surface area contributed by atoms with Crippen LogP contribution in [0.5, 0.6) is 0 Å². The lowest BCUT2D eigenvalue weighted by atomic mass is 10.2. The molecule has 1 amide bonds. The molecule has 0 aliphatic carbocycles. The van der Waals surface area contributed by atoms with Crippen LogP contribution in [-0.4, -0.2) is 35.5 Å². The summed E-state index contributed by atoms with van der Waals surface area (Å²) in [6, 6.07) is 10.2. The smallest absolute Gasteiger partial charge is 0.273 e. The van der Waals surface area contributed by atoms with Crippen LogP contribution in [0.25, 0.3) is 0 Å². The van der Waals surface area contributed by atoms with E-state index < -0.39 is 0 Å². The Morgan fingerprint density at radius 1 is 1.23 bits per heavy atom. The van der Waals surface area contributed by atoms with E-state index in [9.17, 15) is 4.79 Å². The van der Waals surface area contributed by atoms with Crippen LogP contribution in [0.4, 0.5) is 11.5 Å². The first-order chi connectivity index (χ1) is 10.7. The molecular weight excluding hydrogens is 278 g/mol. The Hall–Kier alpha value is -2.63. The van der Waals surface area contributed by atoms with Crippen LogP contribution in [0.2, 0.25) is 0 Å². The van der Waals surface area contributed by atoms with Crippen molar-refractivity contribution in [1.29, 1.82) is 0 Å². The Bertz CT molecular complexity index is 602. The van der Waals surface area contributed by atoms with Crippen LogP contribution in [0.15, 0.2) is 42.7 Å². The fourth-order valence-corrected chi connectivity index (χ4v) is 2.19. The number of nitrogens with zero attached hydrogens (tertiary/aromatic N) is 3. The topological polar surface area (TPSA) is 84.1 Å². The van der Waals surface area contributed by atoms with Gasteiger partial charge in [0.1, 0.15) is 0 Å². The molecule has 2 aromatic rings. The maximum absolute atomic E-state index is 11.9. The molecule has 0 fully saturated rings. The summed E-state index contributed by atoms with van der Waals surface area (Å²) in [6.45, 7) is 4.48. The third kappa shape index (κ3) is 4.18. The lowest BCUT2D eigenvalue weighted by molar-refractivity contribution is 0.0949. The fraction of sp³-hybridized carbons (Fsp3) is 0.312. The van der Waals surface area contributed by atoms with Crippen LogP contribution in [0.3, 0.4) is 0 Å². The van der Waals surface area contributed by atoms with Gasteiger partial charge in [-0.25, -0.2) is 9.97 Å². The number of para-hydroxylation sites is 1. The van der Waals surface area contributed by atoms with E-state index in [1.54, 1.807) is 0 Å². The Kier molecular flexibility index (Phi) is 5.71. The number of hydrogen-bond acceptors (Lipinski definition) is 5. The van der Waals surface area contributed by atoms with E-state index in [0.29, 0.717) is 6.54 Å². The van der Waals surface area contributed by atoms with Crippen molar-refractivity contribution in [2.75, 3.05) is 30.3 Å². The minimum Gasteiger partial charge on any atom is -0.382 e. The summed E-state index contributed by atoms with van der Waals surface area (Å²) in [5.41, 5.74) is 7.00. The first-order valence-corrected chi connectivity index (χ1v) is 7.37. The van der Waals surface area contributed by atoms with Gasteiger partial charge >= 0.3 is 0 Å². The normalized spacial score (nSPS) is 10.2. The summed E-state index contributed by atoms with van der Waals surface area (Å²) in [7, 11) is 0. The number of nitrogens with two attached hydrogens (primary N) is 1. The second-order valence-corrected chi connectivity index (χ2v) is 4.81. The van der Waals surface area contributed by atoms with Crippen LogP contribution in [-0.2, 0) is 0 Å². The molecule has 22 heavy (non-hydrogen) atoms. The molecule has 6 heteroatoms. The number of rotatable bonds is 7. The van der Waals surface area contributed by atoms with E-state index in [2.05, 4.69) is 39.2 Å². The predicted molar refractivity (Wildman–Crippen MR) is 87.7 cm³/mol. The van der Waals surface area contributed by atoms with Crippen molar-refractivity contribution in [1.82, 2.24) is 15.3 Å². The van der Waals surface area contributed by atoms with Crippen LogP contribution >= 0.6 is 0 Å². The molecule has 1 aromatic carbocycles. The quantitative estimate of drug-likeness (QED) is 0.760. The van der Waals surface area contributed by atoms with Gasteiger partial charge in [0, 0.05) is 37.7 Å². The average molecular weight is 299 g/mol. The van der Waals surface area contributed by atoms with Gasteiger partial charge in [-0.1, -0.05) is 18.2 Å². The Morgan fingerprint density at radius 2 is 1.95 bits per heavy atom. The SMILES string of the molecule is CCN(CCCNC(=O)c1nccnc1N)c1ccccc1. The molecule has 0 spiro atoms. The van der Waals surface area contributed by atoms with Gasteiger partial charge in [-0.2, -0.15) is 0 Å². The van der Waals surface area contributed by atoms with Gasteiger partial charge in [-0.05, 0) is 25.5 Å². The monoisotopic (exact) mass is 299 g/mol. The maximum Gasteiger partial charge on any atom is 0.273 e. The lowest BCUT2D eigenvalue weighted by Gasteiger charge is -2.23. The average Bonchev–Trinajstić information content (AvgIpc) is 2.56. The first-order valence-electron chi connectivity index (χ1n) is 7.37. The number of hydrogen-bond donors (Lipinski definition) is 2. The van der Waals surface area contributed by atoms with Gasteiger partial charge in [0.15, 0.2) is 11.5 Å². The molecule has 0 aliphatic rings. The van der Waals surface area contributed by atoms with Gasteiger partial charge in [0.05, 0.1) is 0 Å². The number of carbonyl (C=O) groups excluding carboxylic acids is 1. The summed E-state index contributed by atoms with van der Waals surface area (Å²) in [5.74, 6) is -0.132. The molecule has 1 aromatic heterocycles. The lowest BCUT2D eigenvalue weighted by Crippen LogP contribution is -2.30. The van der Waals surface area contributed by atoms with Crippen molar-refractivity contribution in [3.63, 3.8) is 0 Å². The highest BCUT2D eigenvalue weighted by Gasteiger charge is 2.11. The van der Waals surface area contributed by atoms with E-state index >= 15 is 0 Å². The first kappa shape index (κ1) is 15.8. The molecule has 1 heterocycles. The van der Waals surface area contributed by atoms with E-state index in [4.69, 9.17) is 5.73 Å². The van der Waals surface area contributed by atoms with Gasteiger partial charge in [0.2, 0.25) is 0 Å². The Balaban J connectivity index is 1.79. The third-order valence-corrected chi connectivity index (χ3v) is 3.34. The molecular formula is C16H21N5O. The number of nitrogens with one attached hydrogen (secondary N) is 1. The summed E-state index contributed by atoms with van der Waals surface area (Å²) in [5, 5.41) is 2.82. The standard InChI is InChI=1S/C16H21N5O/c1-2-21(13-7-4-3-5-8-13)12-6-9-20-16(22)14-15(17)19-11-10-18-14/h3-5,7-8,10-11H,2,6,9,12H2,1H3,(H2,17,19)(H,20,22). The number of benzene rings is 1. The second kappa shape index (κ2) is 7.97. The predicted octanol–water partition coefficient (Wildman–Crippen LogP) is 1.71. The zero-order valence-corrected chi connectivity index (χ0v) is 12.7. The minimum absolute atomic E-state index is 0.152. The van der Waals surface area contributed by atoms with Crippen molar-refractivity contribution >= 4 is 17.4 Å². The van der Waals surface area contributed by atoms with Crippen LogP contribution < -0.4 is 16.0 Å². The van der Waals surface area contributed by atoms with E-state index in [-0.39, 0.29) is 17.4 Å². The van der Waals surface area contributed by atoms with Gasteiger partial charge in [-0.3, -0.25) is 4.79 Å². The van der Waals surface area contributed by atoms with Gasteiger partial charge in [-0.15, -0.1) is 0 Å². The molecule has 0 radical (unpaired) electrons. The van der Waals surface area contributed by atoms with Crippen molar-refractivity contribution in [3.05, 3.63) is 48.4 Å². The highest BCUT2D eigenvalue weighted by Crippen LogP contribution is 2.12. The highest BCUT2D eigenvalue weighted by atomic mass is 16.1. The van der Waals surface area contributed by atoms with E-state index in [0.717, 1.165) is 19.5 Å². The summed E-state index contributed by atoms with van der Waals surface area (Å²) >= 11 is 0. The minimum atomic E-state index is -0.284. The number of carbonyl (C=O) groups is 1. The van der Waals surface area contributed by atoms with Crippen LogP contribution in [0, 0.1) is 0 Å². The fourth-order valence-electron chi connectivity index (χ4n) is 2.19. The van der Waals surface area contributed by atoms with Gasteiger partial charge < -0.3 is 16.0 Å². The molecule has 6 nitrogen and oxygen atoms in total. The molecule has 0 aliphatic heterocycles. The number of amides is 1. The molecule has 0 saturated heterocycles. The Labute approximate surface area is 130 Å². The second-order valence-electron chi connectivity index (χ2n) is 4.81. The Morgan fingerprint density at radius 3 is 2.64 bits per heavy atom. The zero-order valence-electron chi connectivity index (χ0n) is 12.7. The molecule has 116 valence electrons. The molecule has 3 N–H and O–H groups in total. The largest absolute Gasteiger partial charge is 0.382 e. The molecule has 0 unspecified atom stereocenters. The number of aromatic nitrogens is 2. The van der Waals surface area contributed by atoms with Crippen molar-refractivity contribution in [2.24, 2.45) is 0 Å². The van der Waals surface area contributed by atoms with Crippen LogP contribution in [0.1, 0.15) is 23.8 Å². The molecule has 0 atom stereocenters. The van der Waals surface area contributed by atoms with Crippen molar-refractivity contribution in [3.8, 4) is 0 Å². The van der Waals surface area contributed by atoms with Gasteiger partial charge in [0.25, 0.3) is 5.91 Å². The maximum atomic E-state index is 11.9. The summed E-state index contributed by atoms with van der Waals surface area (Å²) < 4.78 is 0. The highest BCUT2D eigenvalue weighted by molar-refractivity contribution is 5.96. The van der Waals surface area contributed by atoms with Crippen molar-refractivity contribution in [2.45, 2.75) is 13.3 Å². The summed E-state index contributed by atoms with van der Waals surface area (Å²) in [6.07, 6.45) is 3.76.